The number of halogens is 1. The average molecular weight is 244 g/mol. The minimum atomic E-state index is -1.03. The Hall–Kier alpha value is -1.56. The molecule has 0 aliphatic carbocycles. The van der Waals surface area contributed by atoms with Crippen LogP contribution >= 0.6 is 11.8 Å². The van der Waals surface area contributed by atoms with Gasteiger partial charge in [-0.25, -0.2) is 9.18 Å². The van der Waals surface area contributed by atoms with Crippen LogP contribution in [0.5, 0.6) is 0 Å². The lowest BCUT2D eigenvalue weighted by molar-refractivity contribution is -0.133. The number of rotatable bonds is 4. The van der Waals surface area contributed by atoms with E-state index in [0.717, 1.165) is 17.8 Å². The molecule has 0 radical (unpaired) electrons. The van der Waals surface area contributed by atoms with E-state index in [9.17, 15) is 14.0 Å². The quantitative estimate of drug-likeness (QED) is 0.646. The van der Waals surface area contributed by atoms with Gasteiger partial charge in [-0.05, 0) is 18.2 Å². The molecular formula is C10H9FO4S. The SMILES string of the molecule is COC(=O)c1ccc(SCC(=O)O)c(F)c1. The molecule has 4 nitrogen and oxygen atoms in total. The highest BCUT2D eigenvalue weighted by molar-refractivity contribution is 8.00. The monoisotopic (exact) mass is 244 g/mol. The highest BCUT2D eigenvalue weighted by Crippen LogP contribution is 2.22. The predicted octanol–water partition coefficient (Wildman–Crippen LogP) is 1.79. The normalized spacial score (nSPS) is 9.88. The maximum Gasteiger partial charge on any atom is 0.337 e. The molecule has 0 heterocycles. The fraction of sp³-hybridized carbons (Fsp3) is 0.200. The maximum atomic E-state index is 13.4. The molecule has 0 atom stereocenters. The molecule has 0 bridgehead atoms. The molecule has 0 saturated heterocycles. The molecular weight excluding hydrogens is 235 g/mol. The Morgan fingerprint density at radius 1 is 1.50 bits per heavy atom. The lowest BCUT2D eigenvalue weighted by atomic mass is 10.2. The third kappa shape index (κ3) is 3.23. The van der Waals surface area contributed by atoms with Crippen LogP contribution in [0.3, 0.4) is 0 Å². The molecule has 0 unspecified atom stereocenters. The Morgan fingerprint density at radius 3 is 2.69 bits per heavy atom. The molecule has 0 aromatic heterocycles. The summed E-state index contributed by atoms with van der Waals surface area (Å²) in [6.07, 6.45) is 0. The lowest BCUT2D eigenvalue weighted by Gasteiger charge is -2.03. The molecule has 1 rings (SSSR count). The van der Waals surface area contributed by atoms with Crippen molar-refractivity contribution < 1.29 is 23.8 Å². The molecule has 6 heteroatoms. The van der Waals surface area contributed by atoms with Crippen molar-refractivity contribution in [3.8, 4) is 0 Å². The fourth-order valence-electron chi connectivity index (χ4n) is 1.00. The van der Waals surface area contributed by atoms with Crippen LogP contribution in [-0.4, -0.2) is 29.9 Å². The summed E-state index contributed by atoms with van der Waals surface area (Å²) in [5.41, 5.74) is 0.0969. The zero-order chi connectivity index (χ0) is 12.1. The molecule has 1 aromatic carbocycles. The van der Waals surface area contributed by atoms with Crippen LogP contribution in [0.15, 0.2) is 23.1 Å². The van der Waals surface area contributed by atoms with Gasteiger partial charge < -0.3 is 9.84 Å². The Kier molecular flexibility index (Phi) is 4.30. The zero-order valence-electron chi connectivity index (χ0n) is 8.40. The number of hydrogen-bond donors (Lipinski definition) is 1. The summed E-state index contributed by atoms with van der Waals surface area (Å²) >= 11 is 0.857. The van der Waals surface area contributed by atoms with Gasteiger partial charge in [0.2, 0.25) is 0 Å². The zero-order valence-corrected chi connectivity index (χ0v) is 9.21. The van der Waals surface area contributed by atoms with Crippen LogP contribution in [0.25, 0.3) is 0 Å². The first-order valence-corrected chi connectivity index (χ1v) is 5.25. The van der Waals surface area contributed by atoms with Crippen molar-refractivity contribution in [1.29, 1.82) is 0 Å². The molecule has 86 valence electrons. The van der Waals surface area contributed by atoms with E-state index >= 15 is 0 Å². The number of carboxylic acid groups (broad SMARTS) is 1. The molecule has 0 fully saturated rings. The number of hydrogen-bond acceptors (Lipinski definition) is 4. The molecule has 0 aliphatic rings. The third-order valence-electron chi connectivity index (χ3n) is 1.70. The van der Waals surface area contributed by atoms with Crippen LogP contribution < -0.4 is 0 Å². The molecule has 1 aromatic rings. The smallest absolute Gasteiger partial charge is 0.337 e. The summed E-state index contributed by atoms with van der Waals surface area (Å²) in [5.74, 6) is -2.52. The molecule has 0 saturated carbocycles. The number of carboxylic acids is 1. The van der Waals surface area contributed by atoms with Crippen LogP contribution in [0, 0.1) is 5.82 Å². The van der Waals surface area contributed by atoms with Gasteiger partial charge >= 0.3 is 11.9 Å². The van der Waals surface area contributed by atoms with Crippen molar-refractivity contribution in [2.75, 3.05) is 12.9 Å². The first kappa shape index (κ1) is 12.5. The summed E-state index contributed by atoms with van der Waals surface area (Å²) in [6, 6.07) is 3.77. The van der Waals surface area contributed by atoms with E-state index in [-0.39, 0.29) is 16.2 Å². The lowest BCUT2D eigenvalue weighted by Crippen LogP contribution is -2.02. The number of benzene rings is 1. The number of carbonyl (C=O) groups excluding carboxylic acids is 1. The van der Waals surface area contributed by atoms with Crippen LogP contribution in [0.1, 0.15) is 10.4 Å². The second-order valence-electron chi connectivity index (χ2n) is 2.82. The van der Waals surface area contributed by atoms with Crippen molar-refractivity contribution >= 4 is 23.7 Å². The minimum absolute atomic E-state index is 0.0969. The van der Waals surface area contributed by atoms with E-state index in [4.69, 9.17) is 5.11 Å². The van der Waals surface area contributed by atoms with E-state index in [2.05, 4.69) is 4.74 Å². The number of aliphatic carboxylic acids is 1. The van der Waals surface area contributed by atoms with Crippen LogP contribution in [0.2, 0.25) is 0 Å². The highest BCUT2D eigenvalue weighted by atomic mass is 32.2. The van der Waals surface area contributed by atoms with E-state index in [0.29, 0.717) is 0 Å². The molecule has 0 amide bonds. The second-order valence-corrected chi connectivity index (χ2v) is 3.84. The van der Waals surface area contributed by atoms with Gasteiger partial charge in [-0.3, -0.25) is 4.79 Å². The first-order valence-electron chi connectivity index (χ1n) is 4.27. The molecule has 0 aliphatic heterocycles. The van der Waals surface area contributed by atoms with E-state index < -0.39 is 17.8 Å². The maximum absolute atomic E-state index is 13.4. The van der Waals surface area contributed by atoms with Crippen molar-refractivity contribution in [3.05, 3.63) is 29.6 Å². The Bertz CT molecular complexity index is 419. The standard InChI is InChI=1S/C10H9FO4S/c1-15-10(14)6-2-3-8(7(11)4-6)16-5-9(12)13/h2-4H,5H2,1H3,(H,12,13). The average Bonchev–Trinajstić information content (AvgIpc) is 2.26. The van der Waals surface area contributed by atoms with Gasteiger partial charge in [0.1, 0.15) is 5.82 Å². The Balaban J connectivity index is 2.83. The summed E-state index contributed by atoms with van der Waals surface area (Å²) in [6.45, 7) is 0. The minimum Gasteiger partial charge on any atom is -0.481 e. The first-order chi connectivity index (χ1) is 7.54. The van der Waals surface area contributed by atoms with Crippen molar-refractivity contribution in [2.45, 2.75) is 4.90 Å². The van der Waals surface area contributed by atoms with Gasteiger partial charge in [0.15, 0.2) is 0 Å². The van der Waals surface area contributed by atoms with Gasteiger partial charge in [0.05, 0.1) is 18.4 Å². The summed E-state index contributed by atoms with van der Waals surface area (Å²) in [5, 5.41) is 8.43. The predicted molar refractivity (Wildman–Crippen MR) is 56.1 cm³/mol. The van der Waals surface area contributed by atoms with Crippen molar-refractivity contribution in [2.24, 2.45) is 0 Å². The number of methoxy groups -OCH3 is 1. The Labute approximate surface area is 95.4 Å². The van der Waals surface area contributed by atoms with Crippen molar-refractivity contribution in [3.63, 3.8) is 0 Å². The highest BCUT2D eigenvalue weighted by Gasteiger charge is 2.10. The number of carbonyl (C=O) groups is 2. The summed E-state index contributed by atoms with van der Waals surface area (Å²) in [4.78, 5) is 21.5. The van der Waals surface area contributed by atoms with Gasteiger partial charge in [-0.2, -0.15) is 0 Å². The Morgan fingerprint density at radius 2 is 2.19 bits per heavy atom. The van der Waals surface area contributed by atoms with Gasteiger partial charge in [-0.15, -0.1) is 11.8 Å². The number of thioether (sulfide) groups is 1. The molecule has 0 spiro atoms. The number of esters is 1. The van der Waals surface area contributed by atoms with Crippen LogP contribution in [0.4, 0.5) is 4.39 Å². The largest absolute Gasteiger partial charge is 0.481 e. The number of ether oxygens (including phenoxy) is 1. The van der Waals surface area contributed by atoms with E-state index in [1.807, 2.05) is 0 Å². The fourth-order valence-corrected chi connectivity index (χ4v) is 1.64. The van der Waals surface area contributed by atoms with Gasteiger partial charge in [-0.1, -0.05) is 0 Å². The van der Waals surface area contributed by atoms with Gasteiger partial charge in [0.25, 0.3) is 0 Å². The van der Waals surface area contributed by atoms with Crippen molar-refractivity contribution in [1.82, 2.24) is 0 Å². The molecule has 1 N–H and O–H groups in total. The molecule has 16 heavy (non-hydrogen) atoms. The topological polar surface area (TPSA) is 63.6 Å². The second kappa shape index (κ2) is 5.50. The third-order valence-corrected chi connectivity index (χ3v) is 2.74. The summed E-state index contributed by atoms with van der Waals surface area (Å²) in [7, 11) is 1.20. The van der Waals surface area contributed by atoms with E-state index in [1.54, 1.807) is 0 Å². The van der Waals surface area contributed by atoms with E-state index in [1.165, 1.54) is 19.2 Å². The van der Waals surface area contributed by atoms with Crippen LogP contribution in [-0.2, 0) is 9.53 Å². The van der Waals surface area contributed by atoms with Gasteiger partial charge in [0, 0.05) is 4.90 Å². The summed E-state index contributed by atoms with van der Waals surface area (Å²) < 4.78 is 17.8.